The fraction of sp³-hybridized carbons (Fsp3) is 0.0909. The second-order valence-corrected chi connectivity index (χ2v) is 4.03. The van der Waals surface area contributed by atoms with Crippen molar-refractivity contribution in [2.75, 3.05) is 0 Å². The molecule has 1 aromatic carbocycles. The minimum Gasteiger partial charge on any atom is -0.290 e. The van der Waals surface area contributed by atoms with E-state index in [1.54, 1.807) is 6.92 Å². The zero-order valence-corrected chi connectivity index (χ0v) is 10.2. The Hall–Kier alpha value is -1.92. The molecule has 0 radical (unpaired) electrons. The molecular weight excluding hydrogens is 259 g/mol. The number of aromatic nitrogens is 2. The van der Waals surface area contributed by atoms with Gasteiger partial charge in [-0.05, 0) is 25.1 Å². The van der Waals surface area contributed by atoms with E-state index in [-0.39, 0.29) is 5.02 Å². The molecule has 1 amide bonds. The van der Waals surface area contributed by atoms with Crippen molar-refractivity contribution in [1.29, 1.82) is 0 Å². The van der Waals surface area contributed by atoms with Crippen LogP contribution in [0.5, 0.6) is 0 Å². The number of hydrogen-bond donors (Lipinski definition) is 2. The van der Waals surface area contributed by atoms with Crippen LogP contribution >= 0.6 is 11.6 Å². The predicted octanol–water partition coefficient (Wildman–Crippen LogP) is 1.58. The highest BCUT2D eigenvalue weighted by Gasteiger charge is 2.14. The van der Waals surface area contributed by atoms with Crippen LogP contribution in [-0.2, 0) is 0 Å². The molecule has 1 aromatic heterocycles. The molecule has 0 saturated carbocycles. The van der Waals surface area contributed by atoms with Crippen LogP contribution in [0.1, 0.15) is 16.1 Å². The van der Waals surface area contributed by atoms with Crippen molar-refractivity contribution in [3.63, 3.8) is 0 Å². The Labute approximate surface area is 107 Å². The van der Waals surface area contributed by atoms with E-state index in [2.05, 4.69) is 5.10 Å². The van der Waals surface area contributed by atoms with Gasteiger partial charge in [0.05, 0.1) is 28.2 Å². The standard InChI is InChI=1S/C11H10ClFN4O/c1-6-8(11(18)16-14)5-15-17(6)7-2-3-10(13)9(12)4-7/h2-5H,14H2,1H3,(H,16,18). The van der Waals surface area contributed by atoms with Gasteiger partial charge in [-0.2, -0.15) is 5.10 Å². The van der Waals surface area contributed by atoms with Crippen LogP contribution in [0.25, 0.3) is 5.69 Å². The molecule has 0 bridgehead atoms. The van der Waals surface area contributed by atoms with E-state index in [1.165, 1.54) is 29.1 Å². The van der Waals surface area contributed by atoms with Gasteiger partial charge in [-0.1, -0.05) is 11.6 Å². The fourth-order valence-electron chi connectivity index (χ4n) is 1.59. The van der Waals surface area contributed by atoms with Crippen molar-refractivity contribution in [2.24, 2.45) is 5.84 Å². The summed E-state index contributed by atoms with van der Waals surface area (Å²) in [7, 11) is 0. The number of nitrogens with zero attached hydrogens (tertiary/aromatic N) is 2. The first-order chi connectivity index (χ1) is 8.54. The van der Waals surface area contributed by atoms with Gasteiger partial charge in [0.2, 0.25) is 0 Å². The van der Waals surface area contributed by atoms with Crippen molar-refractivity contribution in [3.8, 4) is 5.69 Å². The van der Waals surface area contributed by atoms with Gasteiger partial charge in [-0.3, -0.25) is 10.2 Å². The first-order valence-corrected chi connectivity index (χ1v) is 5.43. The summed E-state index contributed by atoms with van der Waals surface area (Å²) >= 11 is 5.70. The Morgan fingerprint density at radius 2 is 2.28 bits per heavy atom. The van der Waals surface area contributed by atoms with E-state index in [1.807, 2.05) is 5.43 Å². The molecule has 94 valence electrons. The van der Waals surface area contributed by atoms with Crippen LogP contribution in [0, 0.1) is 12.7 Å². The van der Waals surface area contributed by atoms with Crippen LogP contribution in [0.4, 0.5) is 4.39 Å². The van der Waals surface area contributed by atoms with Crippen molar-refractivity contribution in [2.45, 2.75) is 6.92 Å². The summed E-state index contributed by atoms with van der Waals surface area (Å²) in [4.78, 5) is 11.4. The van der Waals surface area contributed by atoms with Crippen LogP contribution < -0.4 is 11.3 Å². The summed E-state index contributed by atoms with van der Waals surface area (Å²) in [5.74, 6) is 4.11. The van der Waals surface area contributed by atoms with E-state index in [0.717, 1.165) is 0 Å². The Balaban J connectivity index is 2.48. The lowest BCUT2D eigenvalue weighted by Crippen LogP contribution is -2.30. The maximum atomic E-state index is 13.1. The SMILES string of the molecule is Cc1c(C(=O)NN)cnn1-c1ccc(F)c(Cl)c1. The van der Waals surface area contributed by atoms with Crippen LogP contribution in [0.3, 0.4) is 0 Å². The Bertz CT molecular complexity index is 611. The van der Waals surface area contributed by atoms with Gasteiger partial charge >= 0.3 is 0 Å². The molecule has 2 rings (SSSR count). The average Bonchev–Trinajstić information content (AvgIpc) is 2.74. The summed E-state index contributed by atoms with van der Waals surface area (Å²) in [6.45, 7) is 1.70. The van der Waals surface area contributed by atoms with Crippen LogP contribution in [0.2, 0.25) is 5.02 Å². The van der Waals surface area contributed by atoms with E-state index in [4.69, 9.17) is 17.4 Å². The minimum atomic E-state index is -0.509. The molecule has 18 heavy (non-hydrogen) atoms. The number of carbonyl (C=O) groups excluding carboxylic acids is 1. The van der Waals surface area contributed by atoms with E-state index in [0.29, 0.717) is 16.9 Å². The molecule has 0 unspecified atom stereocenters. The number of hydrogen-bond acceptors (Lipinski definition) is 3. The summed E-state index contributed by atoms with van der Waals surface area (Å²) in [6.07, 6.45) is 1.38. The number of amides is 1. The number of nitrogens with two attached hydrogens (primary N) is 1. The van der Waals surface area contributed by atoms with Gasteiger partial charge in [0.25, 0.3) is 5.91 Å². The average molecular weight is 269 g/mol. The number of nitrogens with one attached hydrogen (secondary N) is 1. The zero-order valence-electron chi connectivity index (χ0n) is 9.45. The topological polar surface area (TPSA) is 72.9 Å². The largest absolute Gasteiger partial charge is 0.290 e. The van der Waals surface area contributed by atoms with Crippen molar-refractivity contribution in [3.05, 3.63) is 46.5 Å². The molecule has 1 heterocycles. The lowest BCUT2D eigenvalue weighted by molar-refractivity contribution is 0.0953. The zero-order chi connectivity index (χ0) is 13.3. The van der Waals surface area contributed by atoms with E-state index in [9.17, 15) is 9.18 Å². The normalized spacial score (nSPS) is 10.4. The highest BCUT2D eigenvalue weighted by atomic mass is 35.5. The molecular formula is C11H10ClFN4O. The first kappa shape index (κ1) is 12.5. The van der Waals surface area contributed by atoms with Crippen molar-refractivity contribution in [1.82, 2.24) is 15.2 Å². The van der Waals surface area contributed by atoms with E-state index >= 15 is 0 Å². The van der Waals surface area contributed by atoms with Gasteiger partial charge in [0, 0.05) is 0 Å². The summed E-state index contributed by atoms with van der Waals surface area (Å²) in [6, 6.07) is 4.19. The Kier molecular flexibility index (Phi) is 3.31. The number of benzene rings is 1. The van der Waals surface area contributed by atoms with Gasteiger partial charge in [-0.15, -0.1) is 0 Å². The Morgan fingerprint density at radius 1 is 1.56 bits per heavy atom. The molecule has 5 nitrogen and oxygen atoms in total. The molecule has 3 N–H and O–H groups in total. The monoisotopic (exact) mass is 268 g/mol. The van der Waals surface area contributed by atoms with E-state index < -0.39 is 11.7 Å². The summed E-state index contributed by atoms with van der Waals surface area (Å²) in [5.41, 5.74) is 3.52. The Morgan fingerprint density at radius 3 is 2.89 bits per heavy atom. The second-order valence-electron chi connectivity index (χ2n) is 3.63. The fourth-order valence-corrected chi connectivity index (χ4v) is 1.76. The smallest absolute Gasteiger partial charge is 0.268 e. The molecule has 0 aliphatic carbocycles. The maximum absolute atomic E-state index is 13.1. The maximum Gasteiger partial charge on any atom is 0.268 e. The number of hydrazine groups is 1. The van der Waals surface area contributed by atoms with Gasteiger partial charge in [0.15, 0.2) is 0 Å². The van der Waals surface area contributed by atoms with Gasteiger partial charge < -0.3 is 0 Å². The molecule has 0 aliphatic heterocycles. The highest BCUT2D eigenvalue weighted by Crippen LogP contribution is 2.20. The van der Waals surface area contributed by atoms with Gasteiger partial charge in [0.1, 0.15) is 5.82 Å². The van der Waals surface area contributed by atoms with Crippen LogP contribution in [-0.4, -0.2) is 15.7 Å². The molecule has 7 heteroatoms. The minimum absolute atomic E-state index is 0.00720. The number of rotatable bonds is 2. The number of nitrogen functional groups attached to an aromatic ring is 1. The van der Waals surface area contributed by atoms with Crippen molar-refractivity contribution < 1.29 is 9.18 Å². The third-order valence-corrected chi connectivity index (χ3v) is 2.82. The summed E-state index contributed by atoms with van der Waals surface area (Å²) in [5, 5.41) is 4.04. The molecule has 0 atom stereocenters. The molecule has 0 fully saturated rings. The summed E-state index contributed by atoms with van der Waals surface area (Å²) < 4.78 is 14.5. The predicted molar refractivity (Wildman–Crippen MR) is 64.9 cm³/mol. The molecule has 0 aliphatic rings. The highest BCUT2D eigenvalue weighted by molar-refractivity contribution is 6.30. The molecule has 0 saturated heterocycles. The third kappa shape index (κ3) is 2.07. The van der Waals surface area contributed by atoms with Gasteiger partial charge in [-0.25, -0.2) is 14.9 Å². The molecule has 0 spiro atoms. The molecule has 2 aromatic rings. The van der Waals surface area contributed by atoms with Crippen molar-refractivity contribution >= 4 is 17.5 Å². The number of carbonyl (C=O) groups is 1. The number of halogens is 2. The second kappa shape index (κ2) is 4.75. The lowest BCUT2D eigenvalue weighted by Gasteiger charge is -2.06. The van der Waals surface area contributed by atoms with Crippen LogP contribution in [0.15, 0.2) is 24.4 Å². The third-order valence-electron chi connectivity index (χ3n) is 2.53. The quantitative estimate of drug-likeness (QED) is 0.493. The lowest BCUT2D eigenvalue weighted by atomic mass is 10.2. The first-order valence-electron chi connectivity index (χ1n) is 5.05.